The number of nitrogens with zero attached hydrogens (tertiary/aromatic N) is 3. The zero-order valence-corrected chi connectivity index (χ0v) is 12.0. The molecule has 0 unspecified atom stereocenters. The number of nitro groups is 1. The quantitative estimate of drug-likeness (QED) is 0.483. The minimum absolute atomic E-state index is 0.176. The van der Waals surface area contributed by atoms with Gasteiger partial charge in [-0.2, -0.15) is 5.10 Å². The van der Waals surface area contributed by atoms with Crippen LogP contribution < -0.4 is 5.32 Å². The predicted molar refractivity (Wildman–Crippen MR) is 84.0 cm³/mol. The average molecular weight is 319 g/mol. The van der Waals surface area contributed by atoms with E-state index in [-0.39, 0.29) is 17.7 Å². The summed E-state index contributed by atoms with van der Waals surface area (Å²) >= 11 is 0. The molecule has 0 saturated heterocycles. The van der Waals surface area contributed by atoms with Gasteiger partial charge in [0.25, 0.3) is 0 Å². The molecular weight excluding hydrogens is 300 g/mol. The molecular formula is C15H16N4O4. The Morgan fingerprint density at radius 2 is 2.48 bits per heavy atom. The van der Waals surface area contributed by atoms with E-state index in [2.05, 4.69) is 17.0 Å². The van der Waals surface area contributed by atoms with Crippen molar-refractivity contribution in [3.05, 3.63) is 58.8 Å². The minimum Gasteiger partial charge on any atom is -0.465 e. The van der Waals surface area contributed by atoms with Gasteiger partial charge >= 0.3 is 11.8 Å². The predicted octanol–water partition coefficient (Wildman–Crippen LogP) is 2.88. The highest BCUT2D eigenvalue weighted by Gasteiger charge is 2.21. The fourth-order valence-corrected chi connectivity index (χ4v) is 2.24. The molecule has 1 heterocycles. The zero-order chi connectivity index (χ0) is 19.5. The summed E-state index contributed by atoms with van der Waals surface area (Å²) in [6, 6.07) is 5.56. The van der Waals surface area contributed by atoms with Crippen molar-refractivity contribution in [1.29, 1.82) is 0 Å². The number of carbonyl (C=O) groups is 1. The monoisotopic (exact) mass is 319 g/mol. The summed E-state index contributed by atoms with van der Waals surface area (Å²) in [6.07, 6.45) is 1.46. The highest BCUT2D eigenvalue weighted by Crippen LogP contribution is 2.31. The van der Waals surface area contributed by atoms with E-state index in [1.54, 1.807) is 12.1 Å². The van der Waals surface area contributed by atoms with Crippen LogP contribution in [0.2, 0.25) is 0 Å². The number of aryl methyl sites for hydroxylation is 1. The van der Waals surface area contributed by atoms with Gasteiger partial charge in [-0.3, -0.25) is 14.8 Å². The first-order valence-electron chi connectivity index (χ1n) is 8.08. The number of aromatic nitrogens is 2. The van der Waals surface area contributed by atoms with E-state index in [1.807, 2.05) is 0 Å². The molecule has 0 aliphatic heterocycles. The van der Waals surface area contributed by atoms with E-state index >= 15 is 0 Å². The standard InChI is InChI=1S/C15H16N4O4/c1-3-5-12(17-15(20)21)10-6-4-7-11(8-10)14-13(19(22)23)9-16-18(14)2/h3-4,6-9,12,17H,1,5H2,2H3,(H,20,21)/t12-/m0/s1/i2D3. The van der Waals surface area contributed by atoms with Gasteiger partial charge in [0.1, 0.15) is 11.9 Å². The van der Waals surface area contributed by atoms with Crippen LogP contribution in [0.4, 0.5) is 10.5 Å². The van der Waals surface area contributed by atoms with Crippen LogP contribution in [0, 0.1) is 10.1 Å². The summed E-state index contributed by atoms with van der Waals surface area (Å²) in [7, 11) is 0. The maximum atomic E-state index is 11.3. The van der Waals surface area contributed by atoms with Gasteiger partial charge < -0.3 is 10.4 Å². The molecule has 0 bridgehead atoms. The van der Waals surface area contributed by atoms with Crippen LogP contribution >= 0.6 is 0 Å². The molecule has 2 rings (SSSR count). The first-order valence-corrected chi connectivity index (χ1v) is 6.58. The maximum Gasteiger partial charge on any atom is 0.405 e. The van der Waals surface area contributed by atoms with Crippen LogP contribution in [0.15, 0.2) is 43.1 Å². The number of hydrogen-bond acceptors (Lipinski definition) is 4. The van der Waals surface area contributed by atoms with Crippen LogP contribution in [-0.2, 0) is 6.98 Å². The van der Waals surface area contributed by atoms with E-state index in [9.17, 15) is 14.9 Å². The van der Waals surface area contributed by atoms with Gasteiger partial charge in [0.15, 0.2) is 0 Å². The lowest BCUT2D eigenvalue weighted by atomic mass is 10.00. The second-order valence-corrected chi connectivity index (χ2v) is 4.70. The molecule has 2 aromatic rings. The van der Waals surface area contributed by atoms with Gasteiger partial charge in [0.2, 0.25) is 0 Å². The van der Waals surface area contributed by atoms with E-state index < -0.39 is 29.7 Å². The highest BCUT2D eigenvalue weighted by atomic mass is 16.6. The van der Waals surface area contributed by atoms with Gasteiger partial charge in [-0.1, -0.05) is 24.3 Å². The van der Waals surface area contributed by atoms with E-state index in [1.165, 1.54) is 18.2 Å². The molecule has 1 aromatic carbocycles. The first-order chi connectivity index (χ1) is 12.1. The molecule has 0 aliphatic rings. The van der Waals surface area contributed by atoms with E-state index in [4.69, 9.17) is 9.22 Å². The number of carboxylic acid groups (broad SMARTS) is 1. The van der Waals surface area contributed by atoms with Crippen molar-refractivity contribution in [3.8, 4) is 11.3 Å². The number of nitrogens with one attached hydrogen (secondary N) is 1. The van der Waals surface area contributed by atoms with E-state index in [0.717, 1.165) is 6.20 Å². The van der Waals surface area contributed by atoms with Crippen molar-refractivity contribution >= 4 is 11.8 Å². The SMILES string of the molecule is [2H]C([2H])([2H])n1ncc([N+](=O)[O-])c1-c1cccc([C@H](CC=C)NC(=O)O)c1. The Kier molecular flexibility index (Phi) is 3.63. The molecule has 0 saturated carbocycles. The number of hydrogen-bond donors (Lipinski definition) is 2. The Labute approximate surface area is 136 Å². The van der Waals surface area contributed by atoms with Crippen molar-refractivity contribution in [2.45, 2.75) is 12.5 Å². The lowest BCUT2D eigenvalue weighted by Gasteiger charge is -2.16. The van der Waals surface area contributed by atoms with Crippen LogP contribution in [0.5, 0.6) is 0 Å². The summed E-state index contributed by atoms with van der Waals surface area (Å²) in [6.45, 7) is 0.870. The molecule has 8 heteroatoms. The number of rotatable bonds is 6. The van der Waals surface area contributed by atoms with Crippen LogP contribution in [0.25, 0.3) is 11.3 Å². The minimum atomic E-state index is -2.71. The normalized spacial score (nSPS) is 14.2. The second-order valence-electron chi connectivity index (χ2n) is 4.70. The Morgan fingerprint density at radius 3 is 3.09 bits per heavy atom. The highest BCUT2D eigenvalue weighted by molar-refractivity contribution is 5.70. The summed E-state index contributed by atoms with van der Waals surface area (Å²) in [5.41, 5.74) is 0.121. The smallest absolute Gasteiger partial charge is 0.405 e. The fraction of sp³-hybridized carbons (Fsp3) is 0.200. The van der Waals surface area contributed by atoms with Gasteiger partial charge in [-0.05, 0) is 18.1 Å². The van der Waals surface area contributed by atoms with Crippen molar-refractivity contribution in [1.82, 2.24) is 15.1 Å². The lowest BCUT2D eigenvalue weighted by Crippen LogP contribution is -2.26. The van der Waals surface area contributed by atoms with Crippen LogP contribution in [-0.4, -0.2) is 25.9 Å². The summed E-state index contributed by atoms with van der Waals surface area (Å²) in [5, 5.41) is 26.2. The maximum absolute atomic E-state index is 11.3. The molecule has 0 aliphatic carbocycles. The molecule has 1 atom stereocenters. The van der Waals surface area contributed by atoms with Crippen molar-refractivity contribution < 1.29 is 18.9 Å². The summed E-state index contributed by atoms with van der Waals surface area (Å²) in [5.74, 6) is 0. The molecule has 0 spiro atoms. The molecule has 1 amide bonds. The Bertz CT molecular complexity index is 848. The number of amides is 1. The molecule has 1 aromatic heterocycles. The largest absolute Gasteiger partial charge is 0.465 e. The van der Waals surface area contributed by atoms with E-state index in [0.29, 0.717) is 10.2 Å². The lowest BCUT2D eigenvalue weighted by molar-refractivity contribution is -0.384. The summed E-state index contributed by atoms with van der Waals surface area (Å²) < 4.78 is 23.2. The number of benzene rings is 1. The first kappa shape index (κ1) is 12.4. The molecule has 8 nitrogen and oxygen atoms in total. The average Bonchev–Trinajstić information content (AvgIpc) is 2.99. The van der Waals surface area contributed by atoms with Gasteiger partial charge in [0.05, 0.1) is 11.0 Å². The topological polar surface area (TPSA) is 110 Å². The third kappa shape index (κ3) is 3.54. The second kappa shape index (κ2) is 6.73. The van der Waals surface area contributed by atoms with Gasteiger partial charge in [0, 0.05) is 16.7 Å². The Hall–Kier alpha value is -3.16. The van der Waals surface area contributed by atoms with Crippen LogP contribution in [0.3, 0.4) is 0 Å². The molecule has 23 heavy (non-hydrogen) atoms. The van der Waals surface area contributed by atoms with Crippen LogP contribution in [0.1, 0.15) is 22.1 Å². The van der Waals surface area contributed by atoms with Crippen molar-refractivity contribution in [2.75, 3.05) is 0 Å². The third-order valence-corrected chi connectivity index (χ3v) is 3.21. The van der Waals surface area contributed by atoms with Gasteiger partial charge in [-0.15, -0.1) is 6.58 Å². The summed E-state index contributed by atoms with van der Waals surface area (Å²) in [4.78, 5) is 21.5. The molecule has 0 radical (unpaired) electrons. The van der Waals surface area contributed by atoms with Gasteiger partial charge in [-0.25, -0.2) is 4.79 Å². The van der Waals surface area contributed by atoms with Crippen molar-refractivity contribution in [3.63, 3.8) is 0 Å². The molecule has 2 N–H and O–H groups in total. The molecule has 120 valence electrons. The Balaban J connectivity index is 2.60. The fourth-order valence-electron chi connectivity index (χ4n) is 2.24. The van der Waals surface area contributed by atoms with Crippen molar-refractivity contribution in [2.24, 2.45) is 6.98 Å². The molecule has 0 fully saturated rings. The third-order valence-electron chi connectivity index (χ3n) is 3.21. The Morgan fingerprint density at radius 1 is 1.70 bits per heavy atom. The zero-order valence-electron chi connectivity index (χ0n) is 15.0.